The summed E-state index contributed by atoms with van der Waals surface area (Å²) in [6.07, 6.45) is 40.1. The van der Waals surface area contributed by atoms with Gasteiger partial charge in [-0.2, -0.15) is 0 Å². The van der Waals surface area contributed by atoms with E-state index in [0.717, 1.165) is 57.8 Å². The molecule has 276 valence electrons. The molecule has 6 nitrogen and oxygen atoms in total. The summed E-state index contributed by atoms with van der Waals surface area (Å²) >= 11 is 0. The molecule has 47 heavy (non-hydrogen) atoms. The molecule has 0 aliphatic carbocycles. The Morgan fingerprint density at radius 1 is 0.596 bits per heavy atom. The summed E-state index contributed by atoms with van der Waals surface area (Å²) in [4.78, 5) is 24.3. The first-order chi connectivity index (χ1) is 23.1. The van der Waals surface area contributed by atoms with Crippen molar-refractivity contribution in [3.8, 4) is 0 Å². The maximum absolute atomic E-state index is 12.2. The zero-order valence-corrected chi connectivity index (χ0v) is 31.0. The van der Waals surface area contributed by atoms with Crippen LogP contribution in [0.15, 0.2) is 12.2 Å². The van der Waals surface area contributed by atoms with Crippen molar-refractivity contribution in [2.45, 2.75) is 225 Å². The van der Waals surface area contributed by atoms with Crippen LogP contribution in [0.5, 0.6) is 0 Å². The van der Waals surface area contributed by atoms with E-state index in [-0.39, 0.29) is 25.2 Å². The van der Waals surface area contributed by atoms with Gasteiger partial charge in [0.05, 0.1) is 18.8 Å². The first-order valence-corrected chi connectivity index (χ1v) is 20.4. The number of aliphatic hydroxyl groups is 1. The molecule has 0 aromatic rings. The minimum Gasteiger partial charge on any atom is -0.462 e. The van der Waals surface area contributed by atoms with Gasteiger partial charge in [0.25, 0.3) is 0 Å². The first kappa shape index (κ1) is 43.6. The van der Waals surface area contributed by atoms with Gasteiger partial charge >= 0.3 is 11.9 Å². The summed E-state index contributed by atoms with van der Waals surface area (Å²) in [7, 11) is 0. The number of hydrogen-bond donors (Lipinski definition) is 1. The number of epoxide rings is 1. The number of unbranched alkanes of at least 4 members (excludes halogenated alkanes) is 23. The van der Waals surface area contributed by atoms with Crippen molar-refractivity contribution in [2.24, 2.45) is 0 Å². The second-order valence-electron chi connectivity index (χ2n) is 14.1. The smallest absolute Gasteiger partial charge is 0.306 e. The summed E-state index contributed by atoms with van der Waals surface area (Å²) in [5.74, 6) is -0.604. The van der Waals surface area contributed by atoms with E-state index in [1.807, 2.05) is 0 Å². The Morgan fingerprint density at radius 2 is 1.06 bits per heavy atom. The molecule has 1 heterocycles. The molecule has 2 unspecified atom stereocenters. The predicted octanol–water partition coefficient (Wildman–Crippen LogP) is 11.5. The van der Waals surface area contributed by atoms with Crippen molar-refractivity contribution in [3.05, 3.63) is 12.2 Å². The maximum atomic E-state index is 12.2. The van der Waals surface area contributed by atoms with Crippen molar-refractivity contribution in [1.29, 1.82) is 0 Å². The highest BCUT2D eigenvalue weighted by Gasteiger charge is 2.36. The third-order valence-corrected chi connectivity index (χ3v) is 9.48. The normalized spacial score (nSPS) is 16.5. The Labute approximate surface area is 290 Å². The van der Waals surface area contributed by atoms with Gasteiger partial charge in [0.2, 0.25) is 0 Å². The summed E-state index contributed by atoms with van der Waals surface area (Å²) < 4.78 is 16.4. The van der Waals surface area contributed by atoms with Gasteiger partial charge in [0.1, 0.15) is 6.61 Å². The van der Waals surface area contributed by atoms with E-state index >= 15 is 0 Å². The van der Waals surface area contributed by atoms with E-state index in [0.29, 0.717) is 25.0 Å². The molecule has 1 fully saturated rings. The topological polar surface area (TPSA) is 85.4 Å². The molecule has 1 saturated heterocycles. The van der Waals surface area contributed by atoms with Gasteiger partial charge in [-0.3, -0.25) is 9.59 Å². The van der Waals surface area contributed by atoms with Crippen LogP contribution < -0.4 is 0 Å². The Bertz CT molecular complexity index is 737. The molecular formula is C41H76O6. The number of ether oxygens (including phenoxy) is 3. The van der Waals surface area contributed by atoms with Crippen LogP contribution in [0.25, 0.3) is 0 Å². The predicted molar refractivity (Wildman–Crippen MR) is 196 cm³/mol. The molecule has 0 aromatic carbocycles. The molecule has 0 bridgehead atoms. The second-order valence-corrected chi connectivity index (χ2v) is 14.1. The highest BCUT2D eigenvalue weighted by Crippen LogP contribution is 2.30. The van der Waals surface area contributed by atoms with E-state index in [1.165, 1.54) is 122 Å². The van der Waals surface area contributed by atoms with Gasteiger partial charge < -0.3 is 19.3 Å². The molecule has 6 heteroatoms. The Kier molecular flexibility index (Phi) is 30.7. The SMILES string of the molecule is CCCCC/C=C\CC1OC1CCCCCCCC(=O)O[C@@H](CO)COC(=O)CCCCCCCCCCCCCCCCCCC. The fraction of sp³-hybridized carbons (Fsp3) is 0.902. The van der Waals surface area contributed by atoms with Crippen molar-refractivity contribution >= 4 is 11.9 Å². The van der Waals surface area contributed by atoms with E-state index in [2.05, 4.69) is 26.0 Å². The van der Waals surface area contributed by atoms with E-state index < -0.39 is 6.10 Å². The number of esters is 2. The number of hydrogen-bond acceptors (Lipinski definition) is 6. The van der Waals surface area contributed by atoms with Crippen LogP contribution in [0.3, 0.4) is 0 Å². The summed E-state index contributed by atoms with van der Waals surface area (Å²) in [6.45, 7) is 4.10. The van der Waals surface area contributed by atoms with Crippen LogP contribution >= 0.6 is 0 Å². The monoisotopic (exact) mass is 665 g/mol. The summed E-state index contributed by atoms with van der Waals surface area (Å²) in [5, 5.41) is 9.57. The molecule has 0 aromatic heterocycles. The van der Waals surface area contributed by atoms with Gasteiger partial charge in [0, 0.05) is 12.8 Å². The van der Waals surface area contributed by atoms with Crippen molar-refractivity contribution < 1.29 is 28.9 Å². The van der Waals surface area contributed by atoms with Gasteiger partial charge in [0.15, 0.2) is 6.10 Å². The van der Waals surface area contributed by atoms with Crippen LogP contribution in [-0.4, -0.2) is 48.6 Å². The third-order valence-electron chi connectivity index (χ3n) is 9.48. The lowest BCUT2D eigenvalue weighted by Crippen LogP contribution is -2.28. The Balaban J connectivity index is 1.86. The lowest BCUT2D eigenvalue weighted by molar-refractivity contribution is -0.161. The van der Waals surface area contributed by atoms with Gasteiger partial charge in [-0.15, -0.1) is 0 Å². The number of aliphatic hydroxyl groups excluding tert-OH is 1. The lowest BCUT2D eigenvalue weighted by Gasteiger charge is -2.15. The quantitative estimate of drug-likeness (QED) is 0.0310. The molecule has 3 atom stereocenters. The average Bonchev–Trinajstić information content (AvgIpc) is 3.83. The molecule has 0 saturated carbocycles. The van der Waals surface area contributed by atoms with E-state index in [1.54, 1.807) is 0 Å². The molecule has 0 radical (unpaired) electrons. The highest BCUT2D eigenvalue weighted by atomic mass is 16.6. The number of rotatable bonds is 36. The average molecular weight is 665 g/mol. The zero-order valence-electron chi connectivity index (χ0n) is 31.0. The Hall–Kier alpha value is -1.40. The molecule has 1 aliphatic heterocycles. The molecule has 1 aliphatic rings. The van der Waals surface area contributed by atoms with Gasteiger partial charge in [-0.05, 0) is 38.5 Å². The van der Waals surface area contributed by atoms with E-state index in [4.69, 9.17) is 14.2 Å². The summed E-state index contributed by atoms with van der Waals surface area (Å²) in [5.41, 5.74) is 0. The molecule has 0 spiro atoms. The van der Waals surface area contributed by atoms with Crippen LogP contribution in [0, 0.1) is 0 Å². The van der Waals surface area contributed by atoms with Crippen molar-refractivity contribution in [1.82, 2.24) is 0 Å². The minimum absolute atomic E-state index is 0.0705. The standard InChI is InChI=1S/C41H76O6/c1-3-5-7-9-11-12-13-14-15-16-17-18-19-20-21-25-29-33-40(43)45-36-37(35-42)46-41(44)34-30-26-22-24-28-32-39-38(47-39)31-27-23-10-8-6-4-2/h23,27,37-39,42H,3-22,24-26,28-36H2,1-2H3/b27-23-/t37-,38?,39?/m0/s1. The minimum atomic E-state index is -0.778. The number of allylic oxidation sites excluding steroid dienone is 1. The second kappa shape index (κ2) is 33.1. The molecular weight excluding hydrogens is 588 g/mol. The largest absolute Gasteiger partial charge is 0.462 e. The van der Waals surface area contributed by atoms with Gasteiger partial charge in [-0.25, -0.2) is 0 Å². The van der Waals surface area contributed by atoms with Crippen molar-refractivity contribution in [2.75, 3.05) is 13.2 Å². The first-order valence-electron chi connectivity index (χ1n) is 20.4. The van der Waals surface area contributed by atoms with Gasteiger partial charge in [-0.1, -0.05) is 167 Å². The van der Waals surface area contributed by atoms with Crippen LogP contribution in [0.2, 0.25) is 0 Å². The lowest BCUT2D eigenvalue weighted by atomic mass is 10.0. The van der Waals surface area contributed by atoms with Crippen LogP contribution in [0.1, 0.15) is 206 Å². The Morgan fingerprint density at radius 3 is 1.60 bits per heavy atom. The van der Waals surface area contributed by atoms with Crippen molar-refractivity contribution in [3.63, 3.8) is 0 Å². The third kappa shape index (κ3) is 29.3. The molecule has 0 amide bonds. The molecule has 1 rings (SSSR count). The van der Waals surface area contributed by atoms with Crippen LogP contribution in [0.4, 0.5) is 0 Å². The highest BCUT2D eigenvalue weighted by molar-refractivity contribution is 5.70. The fourth-order valence-electron chi connectivity index (χ4n) is 6.27. The number of carbonyl (C=O) groups is 2. The summed E-state index contributed by atoms with van der Waals surface area (Å²) in [6, 6.07) is 0. The van der Waals surface area contributed by atoms with E-state index in [9.17, 15) is 14.7 Å². The van der Waals surface area contributed by atoms with Crippen LogP contribution in [-0.2, 0) is 23.8 Å². The molecule has 1 N–H and O–H groups in total. The fourth-order valence-corrected chi connectivity index (χ4v) is 6.27. The maximum Gasteiger partial charge on any atom is 0.306 e. The zero-order chi connectivity index (χ0) is 34.0. The number of carbonyl (C=O) groups excluding carboxylic acids is 2.